The molecule has 21 rings (SSSR count). The molecule has 21 aromatic rings. The van der Waals surface area contributed by atoms with Gasteiger partial charge in [0.2, 0.25) is 0 Å². The number of rotatable bonds is 14. The maximum Gasteiger partial charge on any atom is 0.0266 e. The van der Waals surface area contributed by atoms with Gasteiger partial charge in [-0.05, 0) is 178 Å². The second kappa shape index (κ2) is 58.7. The molecule has 13 aromatic carbocycles. The molecule has 0 unspecified atom stereocenters. The molecule has 0 bridgehead atoms. The molecule has 0 aliphatic heterocycles. The van der Waals surface area contributed by atoms with Crippen molar-refractivity contribution in [1.29, 1.82) is 0 Å². The summed E-state index contributed by atoms with van der Waals surface area (Å²) in [6, 6.07) is 169. The summed E-state index contributed by atoms with van der Waals surface area (Å²) < 4.78 is 0. The summed E-state index contributed by atoms with van der Waals surface area (Å²) in [6.45, 7) is 12.5. The summed E-state index contributed by atoms with van der Waals surface area (Å²) in [5.41, 5.74) is 35.3. The van der Waals surface area contributed by atoms with Crippen LogP contribution >= 0.6 is 0 Å². The van der Waals surface area contributed by atoms with E-state index in [1.807, 2.05) is 373 Å². The van der Waals surface area contributed by atoms with E-state index in [4.69, 9.17) is 0 Å². The Kier molecular flexibility index (Phi) is 45.9. The Morgan fingerprint density at radius 1 is 0.196 bits per heavy atom. The fourth-order valence-corrected chi connectivity index (χ4v) is 14.1. The second-order valence-corrected chi connectivity index (χ2v) is 30.8. The molecule has 0 spiro atoms. The van der Waals surface area contributed by atoms with E-state index < -0.39 is 0 Å². The van der Waals surface area contributed by atoms with E-state index in [2.05, 4.69) is 231 Å². The van der Waals surface area contributed by atoms with E-state index in [1.54, 1.807) is 0 Å². The van der Waals surface area contributed by atoms with Crippen molar-refractivity contribution in [2.45, 2.75) is 48.0 Å². The van der Waals surface area contributed by atoms with Gasteiger partial charge in [-0.2, -0.15) is 0 Å². The van der Waals surface area contributed by atoms with Gasteiger partial charge in [-0.3, -0.25) is 0 Å². The summed E-state index contributed by atoms with van der Waals surface area (Å²) in [5, 5.41) is 0. The normalized spacial score (nSPS) is 9.84. The largest absolute Gasteiger partial charge is 0.305 e. The van der Waals surface area contributed by atoms with Crippen LogP contribution in [0.2, 0.25) is 0 Å². The average Bonchev–Trinajstić information content (AvgIpc) is 0.838. The van der Waals surface area contributed by atoms with Gasteiger partial charge in [0.05, 0.1) is 0 Å². The van der Waals surface area contributed by atoms with E-state index in [1.165, 1.54) is 83.5 Å². The first-order valence-electron chi connectivity index (χ1n) is 44.2. The Hall–Kier alpha value is -13.7. The van der Waals surface area contributed by atoms with Crippen LogP contribution in [0.3, 0.4) is 0 Å². The predicted octanol–water partition coefficient (Wildman–Crippen LogP) is 30.8. The molecule has 0 atom stereocenters. The van der Waals surface area contributed by atoms with Crippen molar-refractivity contribution in [2.75, 3.05) is 0 Å². The van der Waals surface area contributed by atoms with Crippen LogP contribution in [0.1, 0.15) is 40.4 Å². The van der Waals surface area contributed by atoms with Crippen LogP contribution in [0, 0.1) is 83.1 Å². The minimum atomic E-state index is 0. The molecule has 0 aliphatic rings. The zero-order valence-electron chi connectivity index (χ0n) is 77.0. The maximum absolute atomic E-state index is 4.60. The van der Waals surface area contributed by atoms with Crippen molar-refractivity contribution in [1.82, 2.24) is 39.9 Å². The Bertz CT molecular complexity index is 6580. The first-order valence-corrected chi connectivity index (χ1v) is 44.2. The van der Waals surface area contributed by atoms with E-state index in [-0.39, 0.29) is 101 Å². The molecule has 0 saturated heterocycles. The maximum atomic E-state index is 4.60. The van der Waals surface area contributed by atoms with Crippen LogP contribution in [-0.4, -0.2) is 39.9 Å². The molecule has 8 aromatic heterocycles. The van der Waals surface area contributed by atoms with Gasteiger partial charge >= 0.3 is 0 Å². The number of pyridine rings is 8. The Labute approximate surface area is 881 Å². The third-order valence-corrected chi connectivity index (χ3v) is 21.3. The van der Waals surface area contributed by atoms with Gasteiger partial charge < -0.3 is 39.9 Å². The van der Waals surface area contributed by atoms with Crippen molar-refractivity contribution < 1.29 is 101 Å². The number of aromatic nitrogens is 8. The van der Waals surface area contributed by atoms with Crippen LogP contribution < -0.4 is 0 Å². The van der Waals surface area contributed by atoms with Crippen molar-refractivity contribution in [2.24, 2.45) is 0 Å². The summed E-state index contributed by atoms with van der Waals surface area (Å²) >= 11 is 0. The third kappa shape index (κ3) is 33.1. The third-order valence-electron chi connectivity index (χ3n) is 21.3. The quantitative estimate of drug-likeness (QED) is 0.0992. The molecular weight excluding hydrogens is 2570 g/mol. The van der Waals surface area contributed by atoms with Crippen molar-refractivity contribution in [3.05, 3.63) is 556 Å². The number of benzene rings is 13. The minimum absolute atomic E-state index is 0. The second-order valence-electron chi connectivity index (χ2n) is 30.8. The predicted molar refractivity (Wildman–Crippen MR) is 548 cm³/mol. The Balaban J connectivity index is 0.000000176. The molecule has 5 radical (unpaired) electrons. The van der Waals surface area contributed by atoms with Crippen LogP contribution in [0.4, 0.5) is 0 Å². The van der Waals surface area contributed by atoms with Gasteiger partial charge in [0.15, 0.2) is 0 Å². The van der Waals surface area contributed by atoms with E-state index in [0.717, 1.165) is 102 Å². The number of nitrogens with zero attached hydrogens (tertiary/aromatic N) is 8. The van der Waals surface area contributed by atoms with Gasteiger partial charge in [0.25, 0.3) is 0 Å². The molecule has 0 aliphatic carbocycles. The van der Waals surface area contributed by atoms with E-state index in [0.29, 0.717) is 0 Å². The van der Waals surface area contributed by atoms with Crippen molar-refractivity contribution in [3.8, 4) is 146 Å². The van der Waals surface area contributed by atoms with Gasteiger partial charge in [0.1, 0.15) is 0 Å². The minimum Gasteiger partial charge on any atom is -0.305 e. The number of hydrogen-bond donors (Lipinski definition) is 0. The molecule has 138 heavy (non-hydrogen) atoms. The summed E-state index contributed by atoms with van der Waals surface area (Å²) in [4.78, 5) is 35.5. The van der Waals surface area contributed by atoms with Crippen LogP contribution in [0.15, 0.2) is 474 Å². The van der Waals surface area contributed by atoms with E-state index >= 15 is 0 Å². The summed E-state index contributed by atoms with van der Waals surface area (Å²) in [6.07, 6.45) is 14.2. The fraction of sp³-hybridized carbons (Fsp3) is 0.0560. The van der Waals surface area contributed by atoms with Gasteiger partial charge in [-0.25, -0.2) is 0 Å². The molecule has 8 heterocycles. The Morgan fingerprint density at radius 3 is 0.783 bits per heavy atom. The zero-order valence-corrected chi connectivity index (χ0v) is 89.0. The zero-order chi connectivity index (χ0) is 91.7. The molecule has 0 saturated carbocycles. The first-order chi connectivity index (χ1) is 65.5. The number of hydrogen-bond acceptors (Lipinski definition) is 8. The van der Waals surface area contributed by atoms with Crippen molar-refractivity contribution in [3.63, 3.8) is 0 Å². The summed E-state index contributed by atoms with van der Waals surface area (Å²) in [5.74, 6) is 0. The fourth-order valence-electron chi connectivity index (χ4n) is 14.1. The van der Waals surface area contributed by atoms with Crippen LogP contribution in [0.25, 0.3) is 146 Å². The first kappa shape index (κ1) is 108. The smallest absolute Gasteiger partial charge is 0.0266 e. The van der Waals surface area contributed by atoms with Crippen LogP contribution in [-0.2, 0) is 107 Å². The molecule has 691 valence electrons. The monoisotopic (exact) mass is 2680 g/mol. The molecule has 13 heteroatoms. The van der Waals surface area contributed by atoms with Gasteiger partial charge in [-0.1, -0.05) is 225 Å². The molecule has 0 fully saturated rings. The van der Waals surface area contributed by atoms with E-state index in [9.17, 15) is 0 Å². The molecule has 0 amide bonds. The van der Waals surface area contributed by atoms with Crippen molar-refractivity contribution >= 4 is 0 Å². The molecule has 8 nitrogen and oxygen atoms in total. The summed E-state index contributed by atoms with van der Waals surface area (Å²) in [7, 11) is 0. The topological polar surface area (TPSA) is 103 Å². The van der Waals surface area contributed by atoms with Crippen LogP contribution in [0.5, 0.6) is 0 Å². The molecular formula is C125H98Ir5N8-8. The Morgan fingerprint density at radius 2 is 0.478 bits per heavy atom. The SMILES string of the molecule is CCc1cc(-c2[c-]cccc2)ncc1-c1ccccc1.Cc1cc(-c2[c-]cccc2)ncc1-c1ccccc1.Cc1ccc(-c2[c-]cccc2)nc1.Cc1cccc(-c2[c-]cccc2)n1.Cc1cnc(-c2[c-]cccc2)cc1C.[Ir].[Ir].[Ir].[Ir].[Ir].[c-]1ccccc1-c1cc(-c2ccccc2)ccn1.[c-]1ccccc1-c1cc(-c2ccccc2)ccn1.[c-]1ccccc1-c1cc(-c2ccccc2)ccn1. The van der Waals surface area contributed by atoms with Gasteiger partial charge in [-0.15, -0.1) is 287 Å². The molecule has 0 N–H and O–H groups in total. The number of aryl methyl sites for hydroxylation is 6. The average molecular weight is 2670 g/mol. The van der Waals surface area contributed by atoms with Gasteiger partial charge in [0, 0.05) is 161 Å². The standard InChI is InChI=1S/C19H16N.C18H14N.3C17H12N.C13H12N.2C12H10N.5Ir/c1-2-15-13-19(17-11-7-4-8-12-17)20-14-18(15)16-9-5-3-6-10-16;1-14-12-18(16-10-6-3-7-11-16)19-13-17(14)15-8-4-2-5-9-15;3*1-3-7-14(8-4-1)16-11-12-18-17(13-16)15-9-5-2-6-10-15;1-10-8-13(14-9-11(10)2)12-6-4-3-5-7-12;1-10-6-5-9-12(13-10)11-7-3-2-4-8-11;1-10-7-8-12(13-9-10)11-5-3-2-4-6-11;;;;;/h3-11,13-14H,2H2,1H3;2-10,12-13H,1H3;3*1-9,11-13H;3-6,8-9H,1-2H3;2-7,9H,1H3;2-5,7-9H,1H3;;;;;/q8*-1;;;;;.